The zero-order chi connectivity index (χ0) is 14.5. The van der Waals surface area contributed by atoms with Crippen molar-refractivity contribution in [2.75, 3.05) is 0 Å². The Morgan fingerprint density at radius 1 is 1.40 bits per heavy atom. The number of rotatable bonds is 1. The molecule has 1 aliphatic heterocycles. The smallest absolute Gasteiger partial charge is 0.0895 e. The van der Waals surface area contributed by atoms with Crippen LogP contribution >= 0.6 is 0 Å². The number of aliphatic hydroxyl groups is 2. The van der Waals surface area contributed by atoms with Gasteiger partial charge in [0.1, 0.15) is 0 Å². The maximum absolute atomic E-state index is 10.2. The summed E-state index contributed by atoms with van der Waals surface area (Å²) in [5.74, 6) is 0. The lowest BCUT2D eigenvalue weighted by Crippen LogP contribution is -2.49. The molecule has 0 amide bonds. The van der Waals surface area contributed by atoms with Crippen molar-refractivity contribution in [1.82, 2.24) is 4.98 Å². The highest BCUT2D eigenvalue weighted by Crippen LogP contribution is 2.38. The van der Waals surface area contributed by atoms with Crippen LogP contribution in [0.2, 0.25) is 0 Å². The van der Waals surface area contributed by atoms with Gasteiger partial charge in [-0.3, -0.25) is 4.98 Å². The topological polar surface area (TPSA) is 62.6 Å². The number of nitrogens with zero attached hydrogens (tertiary/aromatic N) is 1. The number of aliphatic hydroxyl groups excluding tert-OH is 2. The molecule has 1 aromatic rings. The van der Waals surface area contributed by atoms with E-state index in [-0.39, 0.29) is 12.7 Å². The number of aromatic nitrogens is 1. The van der Waals surface area contributed by atoms with Gasteiger partial charge in [0.2, 0.25) is 0 Å². The standard InChI is InChI=1S/C16H21NO3/c1-9-4-11(8-18)17-13-5-10-6-15(19)16(2,3)20-14(10)7-12(9)13/h4-5,14-15,18-19H,6-8H2,1-3H3/t14?,15-/m1/s1. The molecule has 0 bridgehead atoms. The second kappa shape index (κ2) is 4.65. The molecule has 0 radical (unpaired) electrons. The minimum atomic E-state index is -0.508. The van der Waals surface area contributed by atoms with Gasteiger partial charge in [0.15, 0.2) is 0 Å². The Morgan fingerprint density at radius 3 is 2.85 bits per heavy atom. The summed E-state index contributed by atoms with van der Waals surface area (Å²) in [5.41, 5.74) is 4.52. The van der Waals surface area contributed by atoms with Crippen molar-refractivity contribution in [3.8, 4) is 0 Å². The van der Waals surface area contributed by atoms with Crippen molar-refractivity contribution >= 4 is 6.08 Å². The average molecular weight is 275 g/mol. The number of fused-ring (bicyclic) bond motifs is 2. The molecule has 2 atom stereocenters. The molecule has 0 aromatic carbocycles. The third-order valence-electron chi connectivity index (χ3n) is 4.40. The number of ether oxygens (including phenoxy) is 1. The van der Waals surface area contributed by atoms with Crippen molar-refractivity contribution in [1.29, 1.82) is 0 Å². The van der Waals surface area contributed by atoms with E-state index in [0.717, 1.165) is 23.3 Å². The second-order valence-electron chi connectivity index (χ2n) is 6.31. The average Bonchev–Trinajstić information content (AvgIpc) is 2.38. The van der Waals surface area contributed by atoms with Gasteiger partial charge in [-0.05, 0) is 56.0 Å². The molecule has 20 heavy (non-hydrogen) atoms. The summed E-state index contributed by atoms with van der Waals surface area (Å²) in [6, 6.07) is 1.93. The summed E-state index contributed by atoms with van der Waals surface area (Å²) in [7, 11) is 0. The van der Waals surface area contributed by atoms with Crippen LogP contribution in [0.4, 0.5) is 0 Å². The minimum Gasteiger partial charge on any atom is -0.390 e. The fourth-order valence-electron chi connectivity index (χ4n) is 3.07. The van der Waals surface area contributed by atoms with E-state index < -0.39 is 11.7 Å². The van der Waals surface area contributed by atoms with E-state index in [4.69, 9.17) is 4.74 Å². The molecule has 0 saturated carbocycles. The van der Waals surface area contributed by atoms with E-state index in [9.17, 15) is 10.2 Å². The minimum absolute atomic E-state index is 0.0291. The van der Waals surface area contributed by atoms with Gasteiger partial charge in [-0.25, -0.2) is 0 Å². The Kier molecular flexibility index (Phi) is 3.20. The summed E-state index contributed by atoms with van der Waals surface area (Å²) in [6.45, 7) is 5.86. The van der Waals surface area contributed by atoms with Crippen molar-refractivity contribution in [2.24, 2.45) is 0 Å². The summed E-state index contributed by atoms with van der Waals surface area (Å²) in [4.78, 5) is 4.48. The molecular weight excluding hydrogens is 254 g/mol. The molecule has 1 aromatic heterocycles. The van der Waals surface area contributed by atoms with Gasteiger partial charge in [-0.15, -0.1) is 0 Å². The molecule has 0 spiro atoms. The first kappa shape index (κ1) is 13.7. The molecule has 4 heteroatoms. The summed E-state index contributed by atoms with van der Waals surface area (Å²) in [5, 5.41) is 19.4. The Bertz CT molecular complexity index is 577. The van der Waals surface area contributed by atoms with Gasteiger partial charge in [0, 0.05) is 6.42 Å². The fraction of sp³-hybridized carbons (Fsp3) is 0.562. The Labute approximate surface area is 119 Å². The van der Waals surface area contributed by atoms with Gasteiger partial charge in [-0.1, -0.05) is 0 Å². The molecule has 1 unspecified atom stereocenters. The maximum atomic E-state index is 10.2. The molecule has 1 saturated heterocycles. The van der Waals surface area contributed by atoms with Crippen LogP contribution in [0.25, 0.3) is 6.08 Å². The maximum Gasteiger partial charge on any atom is 0.0895 e. The number of pyridine rings is 1. The molecule has 2 aliphatic rings. The summed E-state index contributed by atoms with van der Waals surface area (Å²) < 4.78 is 6.06. The molecule has 2 N–H and O–H groups in total. The second-order valence-corrected chi connectivity index (χ2v) is 6.31. The molecule has 1 aliphatic carbocycles. The third kappa shape index (κ3) is 2.18. The van der Waals surface area contributed by atoms with E-state index in [1.165, 1.54) is 5.56 Å². The van der Waals surface area contributed by atoms with Crippen LogP contribution in [-0.4, -0.2) is 33.0 Å². The van der Waals surface area contributed by atoms with Crippen LogP contribution in [0.1, 0.15) is 42.8 Å². The van der Waals surface area contributed by atoms with Gasteiger partial charge in [0.05, 0.1) is 35.8 Å². The normalized spacial score (nSPS) is 27.6. The largest absolute Gasteiger partial charge is 0.390 e. The number of hydrogen-bond donors (Lipinski definition) is 2. The zero-order valence-electron chi connectivity index (χ0n) is 12.2. The lowest BCUT2D eigenvalue weighted by Gasteiger charge is -2.43. The zero-order valence-corrected chi connectivity index (χ0v) is 12.2. The van der Waals surface area contributed by atoms with E-state index >= 15 is 0 Å². The first-order valence-corrected chi connectivity index (χ1v) is 7.07. The molecule has 108 valence electrons. The van der Waals surface area contributed by atoms with E-state index in [2.05, 4.69) is 4.98 Å². The van der Waals surface area contributed by atoms with Crippen molar-refractivity contribution in [3.05, 3.63) is 34.2 Å². The van der Waals surface area contributed by atoms with Crippen molar-refractivity contribution in [3.63, 3.8) is 0 Å². The van der Waals surface area contributed by atoms with Crippen molar-refractivity contribution < 1.29 is 14.9 Å². The van der Waals surface area contributed by atoms with Crippen molar-refractivity contribution in [2.45, 2.75) is 58.0 Å². The van der Waals surface area contributed by atoms with Crippen LogP contribution in [0, 0.1) is 6.92 Å². The predicted octanol–water partition coefficient (Wildman–Crippen LogP) is 1.75. The number of aryl methyl sites for hydroxylation is 1. The molecule has 3 rings (SSSR count). The SMILES string of the molecule is Cc1cc(CO)nc2c1CC1OC(C)(C)[C@H](O)CC1=C2. The van der Waals surface area contributed by atoms with Crippen LogP contribution < -0.4 is 0 Å². The van der Waals surface area contributed by atoms with E-state index in [0.29, 0.717) is 12.1 Å². The highest BCUT2D eigenvalue weighted by Gasteiger charge is 2.40. The highest BCUT2D eigenvalue weighted by atomic mass is 16.5. The summed E-state index contributed by atoms with van der Waals surface area (Å²) in [6.07, 6.45) is 2.98. The molecular formula is C16H21NO3. The fourth-order valence-corrected chi connectivity index (χ4v) is 3.07. The van der Waals surface area contributed by atoms with Crippen LogP contribution in [0.15, 0.2) is 11.6 Å². The van der Waals surface area contributed by atoms with Crippen LogP contribution in [0.5, 0.6) is 0 Å². The molecule has 4 nitrogen and oxygen atoms in total. The lowest BCUT2D eigenvalue weighted by molar-refractivity contribution is -0.147. The van der Waals surface area contributed by atoms with Gasteiger partial charge < -0.3 is 14.9 Å². The molecule has 2 heterocycles. The first-order chi connectivity index (χ1) is 9.40. The quantitative estimate of drug-likeness (QED) is 0.819. The first-order valence-electron chi connectivity index (χ1n) is 7.07. The summed E-state index contributed by atoms with van der Waals surface area (Å²) >= 11 is 0. The lowest BCUT2D eigenvalue weighted by atomic mass is 9.81. The Balaban J connectivity index is 2.02. The number of hydrogen-bond acceptors (Lipinski definition) is 4. The van der Waals surface area contributed by atoms with E-state index in [1.54, 1.807) is 0 Å². The van der Waals surface area contributed by atoms with E-state index in [1.807, 2.05) is 32.9 Å². The highest BCUT2D eigenvalue weighted by molar-refractivity contribution is 5.60. The van der Waals surface area contributed by atoms with Gasteiger partial charge in [0.25, 0.3) is 0 Å². The molecule has 1 fully saturated rings. The van der Waals surface area contributed by atoms with Crippen LogP contribution in [-0.2, 0) is 17.8 Å². The van der Waals surface area contributed by atoms with Gasteiger partial charge in [-0.2, -0.15) is 0 Å². The third-order valence-corrected chi connectivity index (χ3v) is 4.40. The monoisotopic (exact) mass is 275 g/mol. The predicted molar refractivity (Wildman–Crippen MR) is 76.2 cm³/mol. The Morgan fingerprint density at radius 2 is 2.15 bits per heavy atom. The Hall–Kier alpha value is -1.23. The van der Waals surface area contributed by atoms with Crippen LogP contribution in [0.3, 0.4) is 0 Å². The van der Waals surface area contributed by atoms with Gasteiger partial charge >= 0.3 is 0 Å².